The first-order valence-electron chi connectivity index (χ1n) is 18.4. The Morgan fingerprint density at radius 2 is 1.78 bits per heavy atom. The van der Waals surface area contributed by atoms with Crippen molar-refractivity contribution in [3.8, 4) is 11.5 Å². The quantitative estimate of drug-likeness (QED) is 0.112. The highest BCUT2D eigenvalue weighted by Gasteiger charge is 2.51. The first-order chi connectivity index (χ1) is 25.7. The van der Waals surface area contributed by atoms with Crippen molar-refractivity contribution in [2.45, 2.75) is 89.6 Å². The van der Waals surface area contributed by atoms with Gasteiger partial charge in [0.25, 0.3) is 0 Å². The number of phenolic OH excluding ortho intramolecular Hbond substituents is 1. The fourth-order valence-electron chi connectivity index (χ4n) is 8.25. The number of likely N-dealkylation sites (tertiary alicyclic amines) is 1. The second kappa shape index (κ2) is 15.9. The van der Waals surface area contributed by atoms with Gasteiger partial charge in [-0.15, -0.1) is 27.8 Å². The zero-order chi connectivity index (χ0) is 36.6. The van der Waals surface area contributed by atoms with Crippen LogP contribution in [0, 0.1) is 5.41 Å². The summed E-state index contributed by atoms with van der Waals surface area (Å²) < 4.78 is 13.5. The molecule has 2 aromatic carbocycles. The van der Waals surface area contributed by atoms with Gasteiger partial charge in [0, 0.05) is 24.1 Å². The maximum Gasteiger partial charge on any atom is 0.349 e. The molecule has 5 heterocycles. The minimum Gasteiger partial charge on any atom is -0.508 e. The number of Topliss-reactive ketones (excluding diaryl/α,β-unsaturated/α-hetero) is 1. The summed E-state index contributed by atoms with van der Waals surface area (Å²) in [6.07, 6.45) is 6.06. The van der Waals surface area contributed by atoms with Gasteiger partial charge >= 0.3 is 5.97 Å². The molecule has 1 atom stereocenters. The van der Waals surface area contributed by atoms with Gasteiger partial charge in [0.2, 0.25) is 5.60 Å². The summed E-state index contributed by atoms with van der Waals surface area (Å²) in [5.41, 5.74) is 2.51. The molecule has 286 valence electrons. The first-order valence-corrected chi connectivity index (χ1v) is 20.2. The number of hydrogen-bond acceptors (Lipinski definition) is 12. The molecule has 0 amide bonds. The third-order valence-electron chi connectivity index (χ3n) is 11.3. The largest absolute Gasteiger partial charge is 0.508 e. The van der Waals surface area contributed by atoms with Crippen molar-refractivity contribution < 1.29 is 34.4 Å². The van der Waals surface area contributed by atoms with E-state index in [1.165, 1.54) is 28.7 Å². The molecular formula is C41H48N4O7S2. The number of carbonyl (C=O) groups excluding carboxylic acids is 2. The van der Waals surface area contributed by atoms with Gasteiger partial charge in [-0.1, -0.05) is 30.8 Å². The van der Waals surface area contributed by atoms with Crippen molar-refractivity contribution in [1.29, 1.82) is 0 Å². The third kappa shape index (κ3) is 7.57. The number of phenols is 1. The molecule has 1 aliphatic carbocycles. The number of aromatic hydroxyl groups is 1. The number of ketones is 1. The molecule has 5 aromatic rings. The Hall–Kier alpha value is -4.14. The number of rotatable bonds is 13. The Bertz CT molecular complexity index is 2030. The predicted molar refractivity (Wildman–Crippen MR) is 208 cm³/mol. The van der Waals surface area contributed by atoms with Gasteiger partial charge in [-0.05, 0) is 129 Å². The fourth-order valence-corrected chi connectivity index (χ4v) is 9.97. The summed E-state index contributed by atoms with van der Waals surface area (Å²) in [7, 11) is 0. The average molecular weight is 773 g/mol. The van der Waals surface area contributed by atoms with Crippen LogP contribution in [0.2, 0.25) is 0 Å². The van der Waals surface area contributed by atoms with E-state index in [2.05, 4.69) is 33.4 Å². The summed E-state index contributed by atoms with van der Waals surface area (Å²) in [4.78, 5) is 28.8. The number of ether oxygens (including phenoxy) is 2. The van der Waals surface area contributed by atoms with Crippen LogP contribution in [-0.2, 0) is 39.3 Å². The fraction of sp³-hybridized carbons (Fsp3) is 0.463. The van der Waals surface area contributed by atoms with Crippen LogP contribution in [-0.4, -0.2) is 79.3 Å². The Balaban J connectivity index is 0.00000450. The Labute approximate surface area is 323 Å². The summed E-state index contributed by atoms with van der Waals surface area (Å²) >= 11 is 2.73. The van der Waals surface area contributed by atoms with Crippen LogP contribution in [0.1, 0.15) is 84.9 Å². The van der Waals surface area contributed by atoms with Crippen LogP contribution in [0.5, 0.6) is 11.5 Å². The zero-order valence-electron chi connectivity index (χ0n) is 29.5. The highest BCUT2D eigenvalue weighted by molar-refractivity contribution is 7.12. The second-order valence-electron chi connectivity index (χ2n) is 14.8. The topological polar surface area (TPSA) is 147 Å². The molecule has 2 aliphatic heterocycles. The van der Waals surface area contributed by atoms with Gasteiger partial charge in [0.15, 0.2) is 5.78 Å². The number of hydrogen-bond donors (Lipinski definition) is 3. The lowest BCUT2D eigenvalue weighted by molar-refractivity contribution is -0.181. The van der Waals surface area contributed by atoms with E-state index in [4.69, 9.17) is 9.47 Å². The minimum absolute atomic E-state index is 0. The predicted octanol–water partition coefficient (Wildman–Crippen LogP) is 6.57. The number of aromatic nitrogens is 3. The lowest BCUT2D eigenvalue weighted by atomic mass is 9.61. The third-order valence-corrected chi connectivity index (χ3v) is 13.3. The molecule has 2 fully saturated rings. The van der Waals surface area contributed by atoms with Crippen molar-refractivity contribution in [3.63, 3.8) is 0 Å². The van der Waals surface area contributed by atoms with Gasteiger partial charge < -0.3 is 29.7 Å². The molecule has 1 saturated carbocycles. The van der Waals surface area contributed by atoms with Crippen LogP contribution >= 0.6 is 22.7 Å². The van der Waals surface area contributed by atoms with Crippen molar-refractivity contribution in [2.24, 2.45) is 5.41 Å². The average Bonchev–Trinajstić information content (AvgIpc) is 3.96. The molecule has 1 saturated heterocycles. The maximum atomic E-state index is 13.4. The number of benzene rings is 2. The number of nitrogens with zero attached hydrogens (tertiary/aromatic N) is 4. The molecule has 0 bridgehead atoms. The molecule has 1 spiro atoms. The van der Waals surface area contributed by atoms with E-state index in [1.807, 2.05) is 27.6 Å². The molecule has 11 nitrogen and oxygen atoms in total. The zero-order valence-corrected chi connectivity index (χ0v) is 31.1. The molecule has 3 N–H and O–H groups in total. The number of thiophene rings is 2. The van der Waals surface area contributed by atoms with Gasteiger partial charge in [-0.2, -0.15) is 0 Å². The second-order valence-corrected chi connectivity index (χ2v) is 16.7. The summed E-state index contributed by atoms with van der Waals surface area (Å²) in [5.74, 6) is -0.216. The van der Waals surface area contributed by atoms with E-state index in [1.54, 1.807) is 18.2 Å². The van der Waals surface area contributed by atoms with Crippen LogP contribution in [0.15, 0.2) is 65.4 Å². The lowest BCUT2D eigenvalue weighted by Crippen LogP contribution is -2.52. The van der Waals surface area contributed by atoms with Crippen LogP contribution < -0.4 is 4.74 Å². The standard InChI is InChI=1S/C40H44N4O7S2.CH4/c45-27-22-30-34(47)12-10-29(37(30)50-25-27)33(46)6-1-5-26-9-11-32-31(21-26)41-42-44(32)16-4-15-43-17-13-39(14-18-43)23-28(24-39)51-38(48)40(49,35-7-2-19-52-35)36-8-3-20-53-36;/h2-3,7-12,19-21,28,33,46-47,49H,1,4-6,13-18,22-25H2;1H4/t33-;/m0./s1. The maximum absolute atomic E-state index is 13.4. The summed E-state index contributed by atoms with van der Waals surface area (Å²) in [5, 5.41) is 45.3. The first kappa shape index (κ1) is 38.1. The normalized spacial score (nSPS) is 17.8. The minimum atomic E-state index is -1.76. The van der Waals surface area contributed by atoms with E-state index >= 15 is 0 Å². The van der Waals surface area contributed by atoms with Gasteiger partial charge in [0.05, 0.1) is 21.4 Å². The highest BCUT2D eigenvalue weighted by Crippen LogP contribution is 2.51. The molecule has 54 heavy (non-hydrogen) atoms. The monoisotopic (exact) mass is 772 g/mol. The molecular weight excluding hydrogens is 725 g/mol. The molecule has 8 rings (SSSR count). The van der Waals surface area contributed by atoms with Crippen molar-refractivity contribution in [1.82, 2.24) is 19.9 Å². The van der Waals surface area contributed by atoms with Crippen molar-refractivity contribution >= 4 is 45.5 Å². The van der Waals surface area contributed by atoms with E-state index in [-0.39, 0.29) is 43.5 Å². The van der Waals surface area contributed by atoms with Crippen molar-refractivity contribution in [2.75, 3.05) is 26.2 Å². The van der Waals surface area contributed by atoms with E-state index < -0.39 is 17.7 Å². The number of fused-ring (bicyclic) bond motifs is 2. The molecule has 13 heteroatoms. The number of aryl methyl sites for hydroxylation is 2. The van der Waals surface area contributed by atoms with Crippen LogP contribution in [0.3, 0.4) is 0 Å². The van der Waals surface area contributed by atoms with Crippen LogP contribution in [0.4, 0.5) is 0 Å². The van der Waals surface area contributed by atoms with Gasteiger partial charge in [-0.25, -0.2) is 9.48 Å². The van der Waals surface area contributed by atoms with E-state index in [0.717, 1.165) is 87.7 Å². The van der Waals surface area contributed by atoms with Gasteiger partial charge in [-0.3, -0.25) is 4.79 Å². The molecule has 0 radical (unpaired) electrons. The number of aliphatic hydroxyl groups is 2. The Kier molecular flexibility index (Phi) is 11.2. The van der Waals surface area contributed by atoms with Crippen LogP contribution in [0.25, 0.3) is 11.0 Å². The molecule has 3 aliphatic rings. The van der Waals surface area contributed by atoms with E-state index in [9.17, 15) is 24.9 Å². The van der Waals surface area contributed by atoms with E-state index in [0.29, 0.717) is 33.1 Å². The number of aliphatic hydroxyl groups excluding tert-OH is 1. The number of esters is 1. The van der Waals surface area contributed by atoms with Gasteiger partial charge in [0.1, 0.15) is 29.7 Å². The summed E-state index contributed by atoms with van der Waals surface area (Å²) in [6, 6.07) is 16.7. The molecule has 3 aromatic heterocycles. The molecule has 0 unspecified atom stereocenters. The number of piperidine rings is 1. The smallest absolute Gasteiger partial charge is 0.349 e. The lowest BCUT2D eigenvalue weighted by Gasteiger charge is -2.51. The Morgan fingerprint density at radius 3 is 2.48 bits per heavy atom. The van der Waals surface area contributed by atoms with Crippen molar-refractivity contribution in [3.05, 3.63) is 91.8 Å². The highest BCUT2D eigenvalue weighted by atomic mass is 32.1. The Morgan fingerprint density at radius 1 is 1.04 bits per heavy atom. The SMILES string of the molecule is C.O=C1COc2c([C@@H](O)CCCc3ccc4c(c3)nnn4CCCN3CCC4(CC3)CC(OC(=O)C(O)(c3cccs3)c3cccs3)C4)ccc(O)c2C1. The number of carbonyl (C=O) groups is 2. The summed E-state index contributed by atoms with van der Waals surface area (Å²) in [6.45, 7) is 3.76.